The predicted octanol–water partition coefficient (Wildman–Crippen LogP) is 1.89. The zero-order valence-electron chi connectivity index (χ0n) is 15.6. The van der Waals surface area contributed by atoms with Gasteiger partial charge in [0, 0.05) is 26.2 Å². The van der Waals surface area contributed by atoms with Crippen molar-refractivity contribution in [3.8, 4) is 5.75 Å². The van der Waals surface area contributed by atoms with E-state index in [-0.39, 0.29) is 30.1 Å². The van der Waals surface area contributed by atoms with E-state index in [1.54, 1.807) is 4.90 Å². The summed E-state index contributed by atoms with van der Waals surface area (Å²) in [5, 5.41) is 2.82. The maximum absolute atomic E-state index is 12.9. The molecule has 7 heteroatoms. The van der Waals surface area contributed by atoms with Gasteiger partial charge in [-0.3, -0.25) is 9.59 Å². The Balaban J connectivity index is 0.00000338. The van der Waals surface area contributed by atoms with Crippen molar-refractivity contribution in [2.24, 2.45) is 11.7 Å². The standard InChI is InChI=1S/C19H29N3O3.ClH/c1-3-17(25-16-8-4-6-14(2)12-16)19(24)22-11-5-7-15(13-22)18(23)21-10-9-20;/h4,6,8,12,15,17H,3,5,7,9-11,13,20H2,1-2H3,(H,21,23);1H. The summed E-state index contributed by atoms with van der Waals surface area (Å²) < 4.78 is 5.91. The normalized spacial score (nSPS) is 17.8. The molecule has 0 aliphatic carbocycles. The van der Waals surface area contributed by atoms with Crippen molar-refractivity contribution in [3.63, 3.8) is 0 Å². The van der Waals surface area contributed by atoms with Crippen molar-refractivity contribution in [3.05, 3.63) is 29.8 Å². The van der Waals surface area contributed by atoms with E-state index >= 15 is 0 Å². The Hall–Kier alpha value is -1.79. The summed E-state index contributed by atoms with van der Waals surface area (Å²) in [6, 6.07) is 7.70. The molecule has 0 aromatic heterocycles. The van der Waals surface area contributed by atoms with Gasteiger partial charge in [-0.15, -0.1) is 12.4 Å². The van der Waals surface area contributed by atoms with Crippen molar-refractivity contribution >= 4 is 24.2 Å². The van der Waals surface area contributed by atoms with Gasteiger partial charge < -0.3 is 20.7 Å². The summed E-state index contributed by atoms with van der Waals surface area (Å²) >= 11 is 0. The van der Waals surface area contributed by atoms with E-state index in [2.05, 4.69) is 5.32 Å². The molecule has 0 spiro atoms. The minimum Gasteiger partial charge on any atom is -0.481 e. The number of piperidine rings is 1. The highest BCUT2D eigenvalue weighted by Crippen LogP contribution is 2.21. The molecule has 0 saturated carbocycles. The summed E-state index contributed by atoms with van der Waals surface area (Å²) in [6.45, 7) is 5.94. The monoisotopic (exact) mass is 383 g/mol. The molecular weight excluding hydrogens is 354 g/mol. The third-order valence-corrected chi connectivity index (χ3v) is 4.46. The van der Waals surface area contributed by atoms with Gasteiger partial charge >= 0.3 is 0 Å². The number of carbonyl (C=O) groups excluding carboxylic acids is 2. The molecular formula is C19H30ClN3O3. The number of nitrogens with one attached hydrogen (secondary N) is 1. The largest absolute Gasteiger partial charge is 0.481 e. The van der Waals surface area contributed by atoms with Gasteiger partial charge in [0.15, 0.2) is 6.10 Å². The van der Waals surface area contributed by atoms with Gasteiger partial charge in [-0.1, -0.05) is 19.1 Å². The van der Waals surface area contributed by atoms with Gasteiger partial charge in [0.05, 0.1) is 5.92 Å². The number of rotatable bonds is 7. The number of hydrogen-bond donors (Lipinski definition) is 2. The molecule has 6 nitrogen and oxygen atoms in total. The Kier molecular flexibility index (Phi) is 9.44. The summed E-state index contributed by atoms with van der Waals surface area (Å²) in [5.74, 6) is 0.478. The number of halogens is 1. The fraction of sp³-hybridized carbons (Fsp3) is 0.579. The third-order valence-electron chi connectivity index (χ3n) is 4.46. The number of nitrogens with zero attached hydrogens (tertiary/aromatic N) is 1. The summed E-state index contributed by atoms with van der Waals surface area (Å²) in [4.78, 5) is 26.8. The lowest BCUT2D eigenvalue weighted by Crippen LogP contribution is -2.50. The maximum Gasteiger partial charge on any atom is 0.263 e. The van der Waals surface area contributed by atoms with Crippen LogP contribution < -0.4 is 15.8 Å². The van der Waals surface area contributed by atoms with Crippen molar-refractivity contribution in [1.29, 1.82) is 0 Å². The van der Waals surface area contributed by atoms with Crippen LogP contribution in [0.15, 0.2) is 24.3 Å². The van der Waals surface area contributed by atoms with Crippen LogP contribution in [0.1, 0.15) is 31.7 Å². The molecule has 1 saturated heterocycles. The molecule has 2 unspecified atom stereocenters. The van der Waals surface area contributed by atoms with Crippen LogP contribution in [0.25, 0.3) is 0 Å². The predicted molar refractivity (Wildman–Crippen MR) is 105 cm³/mol. The Morgan fingerprint density at radius 2 is 2.19 bits per heavy atom. The molecule has 1 fully saturated rings. The fourth-order valence-electron chi connectivity index (χ4n) is 3.10. The number of carbonyl (C=O) groups is 2. The van der Waals surface area contributed by atoms with Gasteiger partial charge in [-0.05, 0) is 43.9 Å². The Labute approximate surface area is 161 Å². The van der Waals surface area contributed by atoms with Gasteiger partial charge in [0.2, 0.25) is 5.91 Å². The molecule has 1 aromatic carbocycles. The SMILES string of the molecule is CCC(Oc1cccc(C)c1)C(=O)N1CCCC(C(=O)NCCN)C1.Cl. The zero-order chi connectivity index (χ0) is 18.2. The van der Waals surface area contributed by atoms with Gasteiger partial charge in [0.1, 0.15) is 5.75 Å². The molecule has 2 atom stereocenters. The van der Waals surface area contributed by atoms with E-state index in [9.17, 15) is 9.59 Å². The van der Waals surface area contributed by atoms with Crippen molar-refractivity contribution in [2.45, 2.75) is 39.2 Å². The van der Waals surface area contributed by atoms with E-state index < -0.39 is 6.10 Å². The minimum atomic E-state index is -0.521. The number of likely N-dealkylation sites (tertiary alicyclic amines) is 1. The molecule has 3 N–H and O–H groups in total. The molecule has 1 heterocycles. The Morgan fingerprint density at radius 1 is 1.42 bits per heavy atom. The van der Waals surface area contributed by atoms with Gasteiger partial charge in [-0.25, -0.2) is 0 Å². The van der Waals surface area contributed by atoms with E-state index in [4.69, 9.17) is 10.5 Å². The second-order valence-corrected chi connectivity index (χ2v) is 6.53. The van der Waals surface area contributed by atoms with Crippen LogP contribution in [0.3, 0.4) is 0 Å². The lowest BCUT2D eigenvalue weighted by atomic mass is 9.96. The topological polar surface area (TPSA) is 84.7 Å². The van der Waals surface area contributed by atoms with E-state index in [0.717, 1.165) is 18.4 Å². The van der Waals surface area contributed by atoms with Crippen molar-refractivity contribution < 1.29 is 14.3 Å². The maximum atomic E-state index is 12.9. The highest BCUT2D eigenvalue weighted by molar-refractivity contribution is 5.85. The van der Waals surface area contributed by atoms with Crippen LogP contribution in [-0.2, 0) is 9.59 Å². The van der Waals surface area contributed by atoms with Crippen LogP contribution in [0.4, 0.5) is 0 Å². The highest BCUT2D eigenvalue weighted by atomic mass is 35.5. The van der Waals surface area contributed by atoms with Gasteiger partial charge in [-0.2, -0.15) is 0 Å². The first kappa shape index (κ1) is 22.3. The van der Waals surface area contributed by atoms with Crippen molar-refractivity contribution in [2.75, 3.05) is 26.2 Å². The first-order valence-corrected chi connectivity index (χ1v) is 9.05. The van der Waals surface area contributed by atoms with Crippen LogP contribution in [0, 0.1) is 12.8 Å². The van der Waals surface area contributed by atoms with Crippen LogP contribution in [0.2, 0.25) is 0 Å². The molecule has 26 heavy (non-hydrogen) atoms. The summed E-state index contributed by atoms with van der Waals surface area (Å²) in [6.07, 6.45) is 1.70. The van der Waals surface area contributed by atoms with E-state index in [0.29, 0.717) is 38.3 Å². The average Bonchev–Trinajstić information content (AvgIpc) is 2.63. The molecule has 1 aliphatic heterocycles. The number of aryl methyl sites for hydroxylation is 1. The first-order valence-electron chi connectivity index (χ1n) is 9.05. The number of amides is 2. The third kappa shape index (κ3) is 6.18. The molecule has 0 bridgehead atoms. The summed E-state index contributed by atoms with van der Waals surface area (Å²) in [7, 11) is 0. The smallest absolute Gasteiger partial charge is 0.263 e. The van der Waals surface area contributed by atoms with E-state index in [1.165, 1.54) is 0 Å². The first-order chi connectivity index (χ1) is 12.0. The van der Waals surface area contributed by atoms with Crippen LogP contribution in [0.5, 0.6) is 5.75 Å². The molecule has 1 aromatic rings. The minimum absolute atomic E-state index is 0. The second kappa shape index (κ2) is 11.0. The molecule has 2 rings (SSSR count). The molecule has 1 aliphatic rings. The van der Waals surface area contributed by atoms with E-state index in [1.807, 2.05) is 38.1 Å². The fourth-order valence-corrected chi connectivity index (χ4v) is 3.10. The number of nitrogens with two attached hydrogens (primary N) is 1. The van der Waals surface area contributed by atoms with Crippen LogP contribution >= 0.6 is 12.4 Å². The Bertz CT molecular complexity index is 597. The molecule has 2 amide bonds. The number of ether oxygens (including phenoxy) is 1. The molecule has 0 radical (unpaired) electrons. The van der Waals surface area contributed by atoms with Crippen LogP contribution in [-0.4, -0.2) is 49.0 Å². The zero-order valence-corrected chi connectivity index (χ0v) is 16.4. The number of benzene rings is 1. The lowest BCUT2D eigenvalue weighted by molar-refractivity contribution is -0.142. The Morgan fingerprint density at radius 3 is 2.85 bits per heavy atom. The molecule has 146 valence electrons. The lowest BCUT2D eigenvalue weighted by Gasteiger charge is -2.34. The average molecular weight is 384 g/mol. The second-order valence-electron chi connectivity index (χ2n) is 6.53. The highest BCUT2D eigenvalue weighted by Gasteiger charge is 2.32. The number of hydrogen-bond acceptors (Lipinski definition) is 4. The quantitative estimate of drug-likeness (QED) is 0.753. The summed E-state index contributed by atoms with van der Waals surface area (Å²) in [5.41, 5.74) is 6.52. The van der Waals surface area contributed by atoms with Crippen molar-refractivity contribution in [1.82, 2.24) is 10.2 Å². The van der Waals surface area contributed by atoms with Gasteiger partial charge in [0.25, 0.3) is 5.91 Å².